The molecule has 2 fully saturated rings. The second-order valence-corrected chi connectivity index (χ2v) is 7.87. The fraction of sp³-hybridized carbons (Fsp3) is 0.545. The van der Waals surface area contributed by atoms with Crippen molar-refractivity contribution in [1.29, 1.82) is 0 Å². The van der Waals surface area contributed by atoms with Gasteiger partial charge in [-0.1, -0.05) is 24.1 Å². The van der Waals surface area contributed by atoms with Crippen molar-refractivity contribution >= 4 is 5.91 Å². The first kappa shape index (κ1) is 18.1. The van der Waals surface area contributed by atoms with Gasteiger partial charge in [-0.05, 0) is 63.6 Å². The van der Waals surface area contributed by atoms with Gasteiger partial charge in [-0.25, -0.2) is 0 Å². The third-order valence-electron chi connectivity index (χ3n) is 6.15. The van der Waals surface area contributed by atoms with Crippen molar-refractivity contribution in [3.63, 3.8) is 0 Å². The number of rotatable bonds is 5. The van der Waals surface area contributed by atoms with E-state index in [0.717, 1.165) is 42.0 Å². The quantitative estimate of drug-likeness (QED) is 0.770. The zero-order valence-electron chi connectivity index (χ0n) is 16.2. The van der Waals surface area contributed by atoms with E-state index in [1.165, 1.54) is 25.7 Å². The van der Waals surface area contributed by atoms with E-state index in [1.54, 1.807) is 0 Å². The molecule has 1 saturated heterocycles. The van der Waals surface area contributed by atoms with Crippen LogP contribution in [0.3, 0.4) is 0 Å². The molecule has 1 amide bonds. The largest absolute Gasteiger partial charge is 0.489 e. The second-order valence-electron chi connectivity index (χ2n) is 7.87. The monoisotopic (exact) mass is 368 g/mol. The summed E-state index contributed by atoms with van der Waals surface area (Å²) in [7, 11) is 0. The number of carbonyl (C=O) groups is 1. The molecule has 27 heavy (non-hydrogen) atoms. The fourth-order valence-corrected chi connectivity index (χ4v) is 4.63. The molecule has 4 rings (SSSR count). The van der Waals surface area contributed by atoms with Gasteiger partial charge in [-0.2, -0.15) is 0 Å². The molecule has 1 unspecified atom stereocenters. The molecule has 0 spiro atoms. The van der Waals surface area contributed by atoms with Gasteiger partial charge in [0, 0.05) is 18.2 Å². The molecule has 5 nitrogen and oxygen atoms in total. The summed E-state index contributed by atoms with van der Waals surface area (Å²) in [5.41, 5.74) is 2.53. The predicted octanol–water partition coefficient (Wildman–Crippen LogP) is 4.67. The molecule has 1 atom stereocenters. The van der Waals surface area contributed by atoms with E-state index < -0.39 is 0 Å². The minimum absolute atomic E-state index is 0.146. The van der Waals surface area contributed by atoms with Crippen LogP contribution in [0.25, 0.3) is 0 Å². The number of likely N-dealkylation sites (tertiary alicyclic amines) is 1. The molecule has 144 valence electrons. The summed E-state index contributed by atoms with van der Waals surface area (Å²) in [5, 5.41) is 3.96. The molecule has 1 aliphatic carbocycles. The number of amides is 1. The number of benzene rings is 1. The van der Waals surface area contributed by atoms with Crippen molar-refractivity contribution < 1.29 is 14.1 Å². The van der Waals surface area contributed by atoms with Crippen LogP contribution in [0.15, 0.2) is 28.8 Å². The Morgan fingerprint density at radius 2 is 2.04 bits per heavy atom. The smallest absolute Gasteiger partial charge is 0.254 e. The van der Waals surface area contributed by atoms with Gasteiger partial charge in [0.15, 0.2) is 0 Å². The average Bonchev–Trinajstić information content (AvgIpc) is 3.41. The molecule has 2 aliphatic rings. The Morgan fingerprint density at radius 3 is 2.78 bits per heavy atom. The average molecular weight is 368 g/mol. The lowest BCUT2D eigenvalue weighted by Crippen LogP contribution is -2.39. The number of hydrogen-bond acceptors (Lipinski definition) is 4. The first-order chi connectivity index (χ1) is 13.1. The van der Waals surface area contributed by atoms with Gasteiger partial charge in [0.2, 0.25) is 0 Å². The van der Waals surface area contributed by atoms with Gasteiger partial charge >= 0.3 is 0 Å². The normalized spacial score (nSPS) is 20.4. The minimum Gasteiger partial charge on any atom is -0.489 e. The number of nitrogens with zero attached hydrogens (tertiary/aromatic N) is 2. The third-order valence-corrected chi connectivity index (χ3v) is 6.15. The Labute approximate surface area is 160 Å². The lowest BCUT2D eigenvalue weighted by atomic mass is 9.95. The lowest BCUT2D eigenvalue weighted by Gasteiger charge is -2.29. The van der Waals surface area contributed by atoms with E-state index in [-0.39, 0.29) is 5.91 Å². The van der Waals surface area contributed by atoms with Gasteiger partial charge in [0.1, 0.15) is 18.1 Å². The second kappa shape index (κ2) is 7.75. The number of ether oxygens (including phenoxy) is 1. The lowest BCUT2D eigenvalue weighted by molar-refractivity contribution is 0.0688. The van der Waals surface area contributed by atoms with Crippen LogP contribution in [0.4, 0.5) is 0 Å². The third kappa shape index (κ3) is 3.73. The van der Waals surface area contributed by atoms with E-state index in [9.17, 15) is 4.79 Å². The Morgan fingerprint density at radius 1 is 1.22 bits per heavy atom. The predicted molar refractivity (Wildman–Crippen MR) is 103 cm³/mol. The van der Waals surface area contributed by atoms with Crippen molar-refractivity contribution in [1.82, 2.24) is 10.1 Å². The van der Waals surface area contributed by atoms with Gasteiger partial charge in [-0.15, -0.1) is 0 Å². The fourth-order valence-electron chi connectivity index (χ4n) is 4.63. The van der Waals surface area contributed by atoms with Crippen molar-refractivity contribution in [3.8, 4) is 5.75 Å². The Bertz CT molecular complexity index is 788. The summed E-state index contributed by atoms with van der Waals surface area (Å²) in [6.07, 6.45) is 7.44. The van der Waals surface area contributed by atoms with Crippen LogP contribution in [0.5, 0.6) is 5.75 Å². The van der Waals surface area contributed by atoms with Gasteiger partial charge in [-0.3, -0.25) is 4.79 Å². The minimum atomic E-state index is 0.146. The highest BCUT2D eigenvalue weighted by Gasteiger charge is 2.36. The summed E-state index contributed by atoms with van der Waals surface area (Å²) in [5.74, 6) is 2.32. The van der Waals surface area contributed by atoms with Crippen LogP contribution in [-0.4, -0.2) is 28.6 Å². The van der Waals surface area contributed by atoms with Crippen molar-refractivity contribution in [2.24, 2.45) is 5.92 Å². The maximum Gasteiger partial charge on any atom is 0.254 e. The summed E-state index contributed by atoms with van der Waals surface area (Å²) in [6.45, 7) is 5.07. The summed E-state index contributed by atoms with van der Waals surface area (Å²) in [6, 6.07) is 7.98. The first-order valence-corrected chi connectivity index (χ1v) is 10.1. The van der Waals surface area contributed by atoms with Gasteiger partial charge < -0.3 is 14.2 Å². The molecular formula is C22H28N2O3. The number of aromatic nitrogens is 1. The van der Waals surface area contributed by atoms with Gasteiger partial charge in [0.25, 0.3) is 5.91 Å². The molecule has 2 heterocycles. The highest BCUT2D eigenvalue weighted by atomic mass is 16.5. The Hall–Kier alpha value is -2.30. The molecule has 5 heteroatoms. The van der Waals surface area contributed by atoms with E-state index >= 15 is 0 Å². The maximum atomic E-state index is 13.2. The Balaban J connectivity index is 1.46. The van der Waals surface area contributed by atoms with Crippen LogP contribution in [0.2, 0.25) is 0 Å². The van der Waals surface area contributed by atoms with E-state index in [2.05, 4.69) is 10.1 Å². The van der Waals surface area contributed by atoms with Crippen molar-refractivity contribution in [3.05, 3.63) is 46.8 Å². The van der Waals surface area contributed by atoms with Crippen LogP contribution < -0.4 is 4.74 Å². The molecule has 1 aromatic carbocycles. The van der Waals surface area contributed by atoms with Crippen molar-refractivity contribution in [2.45, 2.75) is 65.0 Å². The molecule has 0 N–H and O–H groups in total. The van der Waals surface area contributed by atoms with Crippen LogP contribution >= 0.6 is 0 Å². The van der Waals surface area contributed by atoms with Crippen LogP contribution in [0.1, 0.15) is 65.9 Å². The first-order valence-electron chi connectivity index (χ1n) is 10.1. The van der Waals surface area contributed by atoms with Gasteiger partial charge in [0.05, 0.1) is 11.3 Å². The maximum absolute atomic E-state index is 13.2. The molecule has 0 bridgehead atoms. The topological polar surface area (TPSA) is 55.6 Å². The van der Waals surface area contributed by atoms with Crippen molar-refractivity contribution in [2.75, 3.05) is 6.54 Å². The van der Waals surface area contributed by atoms with Crippen LogP contribution in [-0.2, 0) is 6.61 Å². The number of aryl methyl sites for hydroxylation is 2. The van der Waals surface area contributed by atoms with E-state index in [1.807, 2.05) is 38.1 Å². The zero-order chi connectivity index (χ0) is 18.8. The summed E-state index contributed by atoms with van der Waals surface area (Å²) >= 11 is 0. The number of carbonyl (C=O) groups excluding carboxylic acids is 1. The standard InChI is InChI=1S/C22H28N2O3/c1-15-20(16(2)27-23-15)14-26-19-10-5-9-18(13-19)22(25)24-12-6-11-21(24)17-7-3-4-8-17/h5,9-10,13,17,21H,3-4,6-8,11-12,14H2,1-2H3. The molecule has 0 radical (unpaired) electrons. The summed E-state index contributed by atoms with van der Waals surface area (Å²) < 4.78 is 11.1. The number of hydrogen-bond donors (Lipinski definition) is 0. The Kier molecular flexibility index (Phi) is 5.19. The molecule has 1 aromatic heterocycles. The SMILES string of the molecule is Cc1noc(C)c1COc1cccc(C(=O)N2CCCC2C2CCCC2)c1. The molecule has 2 aromatic rings. The van der Waals surface area contributed by atoms with E-state index in [4.69, 9.17) is 9.26 Å². The zero-order valence-corrected chi connectivity index (χ0v) is 16.2. The molecular weight excluding hydrogens is 340 g/mol. The highest BCUT2D eigenvalue weighted by Crippen LogP contribution is 2.36. The van der Waals surface area contributed by atoms with Crippen LogP contribution in [0, 0.1) is 19.8 Å². The molecule has 1 saturated carbocycles. The van der Waals surface area contributed by atoms with E-state index in [0.29, 0.717) is 24.3 Å². The summed E-state index contributed by atoms with van der Waals surface area (Å²) in [4.78, 5) is 15.3. The molecule has 1 aliphatic heterocycles. The highest BCUT2D eigenvalue weighted by molar-refractivity contribution is 5.95.